The van der Waals surface area contributed by atoms with Crippen LogP contribution in [0.3, 0.4) is 0 Å². The Labute approximate surface area is 179 Å². The Kier molecular flexibility index (Phi) is 5.49. The standard InChI is InChI=1S/C21H18F4N4O3/c1-12-10-29-19(28(12)2)7-18(27-20(29)30)31-11-13-3-4-17(16(22)5-13)32-15-6-14(8-26-9-15)21(23,24)25/h3-9,12H,10-11H2,1-2H3. The zero-order chi connectivity index (χ0) is 23.0. The molecule has 1 aliphatic rings. The van der Waals surface area contributed by atoms with Crippen LogP contribution in [0, 0.1) is 5.82 Å². The Hall–Kier alpha value is -3.63. The third-order valence-corrected chi connectivity index (χ3v) is 5.09. The Balaban J connectivity index is 1.46. The minimum Gasteiger partial charge on any atom is -0.473 e. The van der Waals surface area contributed by atoms with E-state index in [2.05, 4.69) is 9.97 Å². The number of fused-ring (bicyclic) bond motifs is 1. The van der Waals surface area contributed by atoms with E-state index >= 15 is 0 Å². The second-order valence-corrected chi connectivity index (χ2v) is 7.37. The molecule has 1 atom stereocenters. The molecule has 2 aromatic heterocycles. The highest BCUT2D eigenvalue weighted by molar-refractivity contribution is 5.45. The Morgan fingerprint density at radius 1 is 1.19 bits per heavy atom. The highest BCUT2D eigenvalue weighted by Crippen LogP contribution is 2.32. The van der Waals surface area contributed by atoms with Crippen molar-refractivity contribution in [3.8, 4) is 17.4 Å². The van der Waals surface area contributed by atoms with Crippen molar-refractivity contribution in [3.05, 3.63) is 70.2 Å². The van der Waals surface area contributed by atoms with Gasteiger partial charge in [0.2, 0.25) is 5.88 Å². The molecule has 1 aromatic carbocycles. The summed E-state index contributed by atoms with van der Waals surface area (Å²) in [5.41, 5.74) is -1.02. The van der Waals surface area contributed by atoms with Gasteiger partial charge in [-0.1, -0.05) is 6.07 Å². The minimum atomic E-state index is -4.59. The molecule has 7 nitrogen and oxygen atoms in total. The summed E-state index contributed by atoms with van der Waals surface area (Å²) >= 11 is 0. The van der Waals surface area contributed by atoms with Gasteiger partial charge in [-0.05, 0) is 30.7 Å². The lowest BCUT2D eigenvalue weighted by Gasteiger charge is -2.16. The van der Waals surface area contributed by atoms with Crippen LogP contribution in [-0.4, -0.2) is 27.6 Å². The van der Waals surface area contributed by atoms with E-state index in [1.807, 2.05) is 18.9 Å². The third-order valence-electron chi connectivity index (χ3n) is 5.09. The fourth-order valence-electron chi connectivity index (χ4n) is 3.25. The van der Waals surface area contributed by atoms with Crippen LogP contribution in [0.4, 0.5) is 23.4 Å². The maximum Gasteiger partial charge on any atom is 0.418 e. The summed E-state index contributed by atoms with van der Waals surface area (Å²) in [6.45, 7) is 2.44. The molecule has 0 spiro atoms. The Morgan fingerprint density at radius 2 is 1.97 bits per heavy atom. The molecule has 0 saturated heterocycles. The van der Waals surface area contributed by atoms with Crippen molar-refractivity contribution < 1.29 is 27.0 Å². The van der Waals surface area contributed by atoms with Crippen molar-refractivity contribution in [2.45, 2.75) is 32.3 Å². The van der Waals surface area contributed by atoms with Crippen LogP contribution in [0.2, 0.25) is 0 Å². The van der Waals surface area contributed by atoms with Crippen molar-refractivity contribution in [1.29, 1.82) is 0 Å². The van der Waals surface area contributed by atoms with Crippen LogP contribution in [-0.2, 0) is 19.3 Å². The molecule has 4 rings (SSSR count). The van der Waals surface area contributed by atoms with Crippen LogP contribution in [0.5, 0.6) is 17.4 Å². The molecule has 32 heavy (non-hydrogen) atoms. The molecule has 0 N–H and O–H groups in total. The number of anilines is 1. The molecule has 0 radical (unpaired) electrons. The summed E-state index contributed by atoms with van der Waals surface area (Å²) in [6.07, 6.45) is -2.88. The molecular formula is C21H18F4N4O3. The first-order valence-corrected chi connectivity index (χ1v) is 9.58. The molecule has 168 valence electrons. The number of halogens is 4. The molecule has 3 heterocycles. The first-order valence-electron chi connectivity index (χ1n) is 9.58. The van der Waals surface area contributed by atoms with Crippen molar-refractivity contribution in [1.82, 2.24) is 14.5 Å². The van der Waals surface area contributed by atoms with Gasteiger partial charge in [-0.25, -0.2) is 9.18 Å². The molecule has 0 fully saturated rings. The van der Waals surface area contributed by atoms with E-state index in [1.165, 1.54) is 12.1 Å². The number of benzene rings is 1. The second-order valence-electron chi connectivity index (χ2n) is 7.37. The van der Waals surface area contributed by atoms with E-state index < -0.39 is 23.2 Å². The number of pyridine rings is 1. The minimum absolute atomic E-state index is 0.0719. The maximum absolute atomic E-state index is 14.4. The number of ether oxygens (including phenoxy) is 2. The van der Waals surface area contributed by atoms with Crippen LogP contribution < -0.4 is 20.1 Å². The largest absolute Gasteiger partial charge is 0.473 e. The number of alkyl halides is 3. The zero-order valence-electron chi connectivity index (χ0n) is 17.1. The molecular weight excluding hydrogens is 432 g/mol. The highest BCUT2D eigenvalue weighted by Gasteiger charge is 2.31. The van der Waals surface area contributed by atoms with Crippen molar-refractivity contribution in [3.63, 3.8) is 0 Å². The topological polar surface area (TPSA) is 69.5 Å². The van der Waals surface area contributed by atoms with Gasteiger partial charge in [0.1, 0.15) is 18.2 Å². The normalized spacial score (nSPS) is 15.6. The summed E-state index contributed by atoms with van der Waals surface area (Å²) in [6, 6.07) is 6.42. The fourth-order valence-corrected chi connectivity index (χ4v) is 3.25. The van der Waals surface area contributed by atoms with Crippen molar-refractivity contribution >= 4 is 5.82 Å². The van der Waals surface area contributed by atoms with Crippen LogP contribution in [0.15, 0.2) is 47.5 Å². The number of aromatic nitrogens is 3. The van der Waals surface area contributed by atoms with E-state index in [9.17, 15) is 22.4 Å². The predicted octanol–water partition coefficient (Wildman–Crippen LogP) is 4.01. The number of likely N-dealkylation sites (N-methyl/N-ethyl adjacent to an activating group) is 1. The van der Waals surface area contributed by atoms with Gasteiger partial charge in [0, 0.05) is 31.9 Å². The van der Waals surface area contributed by atoms with Crippen LogP contribution in [0.1, 0.15) is 18.1 Å². The van der Waals surface area contributed by atoms with Gasteiger partial charge < -0.3 is 14.4 Å². The van der Waals surface area contributed by atoms with Gasteiger partial charge in [-0.2, -0.15) is 18.2 Å². The Bertz CT molecular complexity index is 1210. The summed E-state index contributed by atoms with van der Waals surface area (Å²) in [5.74, 6) is -0.516. The average Bonchev–Trinajstić information content (AvgIpc) is 3.03. The van der Waals surface area contributed by atoms with Gasteiger partial charge in [0.15, 0.2) is 11.6 Å². The fraction of sp³-hybridized carbons (Fsp3) is 0.286. The Morgan fingerprint density at radius 3 is 2.69 bits per heavy atom. The first kappa shape index (κ1) is 21.6. The lowest BCUT2D eigenvalue weighted by Crippen LogP contribution is -2.23. The molecule has 1 aliphatic heterocycles. The number of hydrogen-bond acceptors (Lipinski definition) is 6. The van der Waals surface area contributed by atoms with Crippen molar-refractivity contribution in [2.75, 3.05) is 11.9 Å². The lowest BCUT2D eigenvalue weighted by atomic mass is 10.2. The van der Waals surface area contributed by atoms with Gasteiger partial charge in [0.05, 0.1) is 11.8 Å². The predicted molar refractivity (Wildman–Crippen MR) is 106 cm³/mol. The number of hydrogen-bond donors (Lipinski definition) is 0. The average molecular weight is 450 g/mol. The summed E-state index contributed by atoms with van der Waals surface area (Å²) < 4.78 is 65.1. The molecule has 0 amide bonds. The quantitative estimate of drug-likeness (QED) is 0.548. The zero-order valence-corrected chi connectivity index (χ0v) is 17.1. The smallest absolute Gasteiger partial charge is 0.418 e. The third kappa shape index (κ3) is 4.36. The monoisotopic (exact) mass is 450 g/mol. The number of rotatable bonds is 5. The summed E-state index contributed by atoms with van der Waals surface area (Å²) in [7, 11) is 1.86. The SMILES string of the molecule is CC1Cn2c(cc(OCc3ccc(Oc4cncc(C(F)(F)F)c4)c(F)c3)nc2=O)N1C. The second kappa shape index (κ2) is 8.13. The van der Waals surface area contributed by atoms with E-state index in [0.717, 1.165) is 18.3 Å². The van der Waals surface area contributed by atoms with E-state index in [4.69, 9.17) is 9.47 Å². The van der Waals surface area contributed by atoms with Gasteiger partial charge in [-0.3, -0.25) is 9.55 Å². The van der Waals surface area contributed by atoms with Gasteiger partial charge in [-0.15, -0.1) is 0 Å². The van der Waals surface area contributed by atoms with Gasteiger partial charge in [0.25, 0.3) is 0 Å². The van der Waals surface area contributed by atoms with Crippen molar-refractivity contribution in [2.24, 2.45) is 0 Å². The molecule has 3 aromatic rings. The van der Waals surface area contributed by atoms with E-state index in [0.29, 0.717) is 24.1 Å². The van der Waals surface area contributed by atoms with E-state index in [-0.39, 0.29) is 30.0 Å². The molecule has 0 bridgehead atoms. The molecule has 0 aliphatic carbocycles. The maximum atomic E-state index is 14.4. The summed E-state index contributed by atoms with van der Waals surface area (Å²) in [4.78, 5) is 21.5. The molecule has 1 unspecified atom stereocenters. The lowest BCUT2D eigenvalue weighted by molar-refractivity contribution is -0.137. The van der Waals surface area contributed by atoms with Crippen LogP contribution >= 0.6 is 0 Å². The summed E-state index contributed by atoms with van der Waals surface area (Å²) in [5, 5.41) is 0. The molecule has 0 saturated carbocycles. The molecule has 11 heteroatoms. The first-order chi connectivity index (χ1) is 15.1. The van der Waals surface area contributed by atoms with Crippen LogP contribution in [0.25, 0.3) is 0 Å². The highest BCUT2D eigenvalue weighted by atomic mass is 19.4. The van der Waals surface area contributed by atoms with Gasteiger partial charge >= 0.3 is 11.9 Å². The van der Waals surface area contributed by atoms with E-state index in [1.54, 1.807) is 10.6 Å². The number of nitrogens with zero attached hydrogens (tertiary/aromatic N) is 4.